The van der Waals surface area contributed by atoms with Crippen LogP contribution in [0.25, 0.3) is 16.5 Å². The molecule has 0 atom stereocenters. The van der Waals surface area contributed by atoms with Crippen molar-refractivity contribution in [3.63, 3.8) is 0 Å². The molecule has 38 heavy (non-hydrogen) atoms. The summed E-state index contributed by atoms with van der Waals surface area (Å²) in [5.41, 5.74) is 3.14. The molecule has 0 radical (unpaired) electrons. The van der Waals surface area contributed by atoms with E-state index in [-0.39, 0.29) is 11.6 Å². The Hall–Kier alpha value is -4.28. The van der Waals surface area contributed by atoms with E-state index in [1.165, 1.54) is 24.6 Å². The number of rotatable bonds is 9. The molecule has 1 fully saturated rings. The Kier molecular flexibility index (Phi) is 7.62. The topological polar surface area (TPSA) is 112 Å². The Labute approximate surface area is 219 Å². The second kappa shape index (κ2) is 11.4. The van der Waals surface area contributed by atoms with Gasteiger partial charge in [-0.05, 0) is 42.5 Å². The summed E-state index contributed by atoms with van der Waals surface area (Å²) in [7, 11) is 3.17. The predicted molar refractivity (Wildman–Crippen MR) is 143 cm³/mol. The van der Waals surface area contributed by atoms with Crippen molar-refractivity contribution in [3.05, 3.63) is 60.5 Å². The van der Waals surface area contributed by atoms with Gasteiger partial charge in [-0.25, -0.2) is 9.97 Å². The fraction of sp³-hybridized carbons (Fsp3) is 0.286. The average Bonchev–Trinajstić information content (AvgIpc) is 2.95. The third-order valence-corrected chi connectivity index (χ3v) is 6.34. The zero-order valence-electron chi connectivity index (χ0n) is 21.2. The minimum atomic E-state index is -0.237. The fourth-order valence-corrected chi connectivity index (χ4v) is 4.40. The van der Waals surface area contributed by atoms with E-state index < -0.39 is 0 Å². The molecule has 2 heterocycles. The summed E-state index contributed by atoms with van der Waals surface area (Å²) < 4.78 is 21.9. The third kappa shape index (κ3) is 5.36. The molecule has 0 unspecified atom stereocenters. The van der Waals surface area contributed by atoms with Gasteiger partial charge in [0.25, 0.3) is 0 Å². The number of nitrogens with zero attached hydrogens (tertiary/aromatic N) is 3. The molecule has 1 aliphatic carbocycles. The van der Waals surface area contributed by atoms with Crippen LogP contribution in [0.3, 0.4) is 0 Å². The van der Waals surface area contributed by atoms with E-state index in [0.717, 1.165) is 18.8 Å². The lowest BCUT2D eigenvalue weighted by Gasteiger charge is -2.30. The first-order chi connectivity index (χ1) is 18.6. The van der Waals surface area contributed by atoms with Crippen molar-refractivity contribution in [2.45, 2.75) is 0 Å². The smallest absolute Gasteiger partial charge is 0.186 e. The Bertz CT molecular complexity index is 1430. The molecule has 2 aromatic carbocycles. The Morgan fingerprint density at radius 2 is 1.84 bits per heavy atom. The molecule has 0 bridgehead atoms. The van der Waals surface area contributed by atoms with Gasteiger partial charge in [0.1, 0.15) is 18.8 Å². The van der Waals surface area contributed by atoms with Crippen molar-refractivity contribution in [1.29, 1.82) is 0 Å². The Balaban J connectivity index is 1.55. The van der Waals surface area contributed by atoms with Crippen LogP contribution in [0.15, 0.2) is 54.9 Å². The van der Waals surface area contributed by atoms with Crippen LogP contribution in [0, 0.1) is 0 Å². The van der Waals surface area contributed by atoms with Crippen LogP contribution in [-0.2, 0) is 19.1 Å². The minimum absolute atomic E-state index is 0.236. The summed E-state index contributed by atoms with van der Waals surface area (Å²) >= 11 is 0. The number of carbonyl (C=O) groups is 2. The highest BCUT2D eigenvalue weighted by Gasteiger charge is 2.22. The molecule has 3 aromatic rings. The molecule has 1 aromatic heterocycles. The quantitative estimate of drug-likeness (QED) is 0.336. The van der Waals surface area contributed by atoms with Gasteiger partial charge in [0.05, 0.1) is 32.4 Å². The Morgan fingerprint density at radius 3 is 2.63 bits per heavy atom. The van der Waals surface area contributed by atoms with Crippen molar-refractivity contribution >= 4 is 45.2 Å². The SMILES string of the molecule is COCCOc1cc2ncnc(Nc3ccc(N4CCOCC4)cc3C3=CC(=O)C=CC3=O)c2cc1OC. The number of anilines is 3. The first kappa shape index (κ1) is 25.4. The van der Waals surface area contributed by atoms with E-state index in [2.05, 4.69) is 20.2 Å². The van der Waals surface area contributed by atoms with Gasteiger partial charge in [0.2, 0.25) is 0 Å². The Morgan fingerprint density at radius 1 is 1.00 bits per heavy atom. The second-order valence-corrected chi connectivity index (χ2v) is 8.70. The number of ether oxygens (including phenoxy) is 4. The van der Waals surface area contributed by atoms with E-state index in [1.54, 1.807) is 26.4 Å². The molecule has 1 N–H and O–H groups in total. The summed E-state index contributed by atoms with van der Waals surface area (Å²) in [6.07, 6.45) is 5.41. The number of benzene rings is 2. The molecular weight excluding hydrogens is 488 g/mol. The molecule has 196 valence electrons. The van der Waals surface area contributed by atoms with E-state index in [0.29, 0.717) is 71.5 Å². The maximum Gasteiger partial charge on any atom is 0.186 e. The highest BCUT2D eigenvalue weighted by molar-refractivity contribution is 6.34. The molecule has 5 rings (SSSR count). The maximum absolute atomic E-state index is 12.8. The van der Waals surface area contributed by atoms with Crippen molar-refractivity contribution < 1.29 is 28.5 Å². The first-order valence-corrected chi connectivity index (χ1v) is 12.2. The van der Waals surface area contributed by atoms with Gasteiger partial charge in [-0.3, -0.25) is 9.59 Å². The van der Waals surface area contributed by atoms with Gasteiger partial charge in [0, 0.05) is 54.2 Å². The summed E-state index contributed by atoms with van der Waals surface area (Å²) in [4.78, 5) is 36.1. The lowest BCUT2D eigenvalue weighted by atomic mass is 9.94. The van der Waals surface area contributed by atoms with Gasteiger partial charge in [-0.1, -0.05) is 0 Å². The number of allylic oxidation sites excluding steroid dienone is 4. The molecule has 10 nitrogen and oxygen atoms in total. The summed E-state index contributed by atoms with van der Waals surface area (Å²) in [5.74, 6) is 1.11. The zero-order chi connectivity index (χ0) is 26.5. The minimum Gasteiger partial charge on any atom is -0.493 e. The van der Waals surface area contributed by atoms with Crippen molar-refractivity contribution in [2.75, 3.05) is 64.0 Å². The van der Waals surface area contributed by atoms with Gasteiger partial charge in [-0.15, -0.1) is 0 Å². The van der Waals surface area contributed by atoms with Crippen molar-refractivity contribution in [1.82, 2.24) is 9.97 Å². The highest BCUT2D eigenvalue weighted by Crippen LogP contribution is 2.37. The highest BCUT2D eigenvalue weighted by atomic mass is 16.5. The number of ketones is 2. The second-order valence-electron chi connectivity index (χ2n) is 8.70. The number of fused-ring (bicyclic) bond motifs is 1. The fourth-order valence-electron chi connectivity index (χ4n) is 4.40. The van der Waals surface area contributed by atoms with Gasteiger partial charge in [0.15, 0.2) is 23.1 Å². The molecule has 2 aliphatic rings. The summed E-state index contributed by atoms with van der Waals surface area (Å²) in [6.45, 7) is 3.54. The molecular formula is C28H28N4O6. The normalized spacial score (nSPS) is 15.5. The summed E-state index contributed by atoms with van der Waals surface area (Å²) in [6, 6.07) is 9.39. The number of nitrogens with one attached hydrogen (secondary N) is 1. The van der Waals surface area contributed by atoms with Crippen LogP contribution in [0.5, 0.6) is 11.5 Å². The van der Waals surface area contributed by atoms with Crippen LogP contribution in [0.1, 0.15) is 5.56 Å². The van der Waals surface area contributed by atoms with E-state index in [1.807, 2.05) is 18.2 Å². The van der Waals surface area contributed by atoms with Crippen LogP contribution >= 0.6 is 0 Å². The monoisotopic (exact) mass is 516 g/mol. The molecule has 1 aliphatic heterocycles. The standard InChI is InChI=1S/C28H28N4O6/c1-35-11-12-38-27-16-24-22(15-26(27)36-2)28(30-17-29-24)31-23-5-3-18(32-7-9-37-10-8-32)13-20(23)21-14-19(33)4-6-25(21)34/h3-6,13-17H,7-12H2,1-2H3,(H,29,30,31). The van der Waals surface area contributed by atoms with E-state index in [9.17, 15) is 9.59 Å². The average molecular weight is 517 g/mol. The lowest BCUT2D eigenvalue weighted by Crippen LogP contribution is -2.36. The van der Waals surface area contributed by atoms with Crippen molar-refractivity contribution in [3.8, 4) is 11.5 Å². The number of aromatic nitrogens is 2. The lowest BCUT2D eigenvalue weighted by molar-refractivity contribution is -0.113. The zero-order valence-corrected chi connectivity index (χ0v) is 21.2. The third-order valence-electron chi connectivity index (χ3n) is 6.34. The first-order valence-electron chi connectivity index (χ1n) is 12.2. The van der Waals surface area contributed by atoms with Gasteiger partial charge >= 0.3 is 0 Å². The molecule has 1 saturated heterocycles. The summed E-state index contributed by atoms with van der Waals surface area (Å²) in [5, 5.41) is 4.06. The molecule has 10 heteroatoms. The number of morpholine rings is 1. The largest absolute Gasteiger partial charge is 0.493 e. The number of carbonyl (C=O) groups excluding carboxylic acids is 2. The van der Waals surface area contributed by atoms with Crippen LogP contribution < -0.4 is 19.7 Å². The van der Waals surface area contributed by atoms with Gasteiger partial charge < -0.3 is 29.2 Å². The predicted octanol–water partition coefficient (Wildman–Crippen LogP) is 3.34. The van der Waals surface area contributed by atoms with Gasteiger partial charge in [-0.2, -0.15) is 0 Å². The molecule has 0 amide bonds. The number of hydrogen-bond donors (Lipinski definition) is 1. The maximum atomic E-state index is 12.8. The number of hydrogen-bond acceptors (Lipinski definition) is 10. The van der Waals surface area contributed by atoms with Crippen molar-refractivity contribution in [2.24, 2.45) is 0 Å². The van der Waals surface area contributed by atoms with Crippen LogP contribution in [0.4, 0.5) is 17.2 Å². The van der Waals surface area contributed by atoms with E-state index >= 15 is 0 Å². The van der Waals surface area contributed by atoms with Crippen LogP contribution in [-0.4, -0.2) is 75.3 Å². The van der Waals surface area contributed by atoms with Crippen LogP contribution in [0.2, 0.25) is 0 Å². The number of methoxy groups -OCH3 is 2. The molecule has 0 spiro atoms. The van der Waals surface area contributed by atoms with E-state index in [4.69, 9.17) is 18.9 Å². The molecule has 0 saturated carbocycles.